The van der Waals surface area contributed by atoms with Crippen molar-refractivity contribution in [1.29, 1.82) is 0 Å². The Balaban J connectivity index is 1.34. The number of thiophene rings is 1. The summed E-state index contributed by atoms with van der Waals surface area (Å²) in [4.78, 5) is 31.0. The molecule has 0 bridgehead atoms. The molecule has 3 fully saturated rings. The molecule has 160 valence electrons. The normalized spacial score (nSPS) is 23.2. The summed E-state index contributed by atoms with van der Waals surface area (Å²) >= 11 is 1.51. The van der Waals surface area contributed by atoms with Gasteiger partial charge in [-0.05, 0) is 49.0 Å². The largest absolute Gasteiger partial charge is 0.354 e. The molecule has 4 rings (SSSR count). The van der Waals surface area contributed by atoms with Crippen LogP contribution in [0.1, 0.15) is 67.5 Å². The molecule has 3 aliphatic rings. The van der Waals surface area contributed by atoms with Crippen LogP contribution in [0.2, 0.25) is 0 Å². The third-order valence-corrected chi connectivity index (χ3v) is 7.99. The minimum Gasteiger partial charge on any atom is -0.354 e. The van der Waals surface area contributed by atoms with Crippen molar-refractivity contribution in [3.05, 3.63) is 22.4 Å². The van der Waals surface area contributed by atoms with E-state index in [4.69, 9.17) is 0 Å². The Hall–Kier alpha value is -1.40. The lowest BCUT2D eigenvalue weighted by atomic mass is 9.89. The van der Waals surface area contributed by atoms with Crippen molar-refractivity contribution in [1.82, 2.24) is 15.1 Å². The molecule has 0 spiro atoms. The van der Waals surface area contributed by atoms with E-state index in [1.54, 1.807) is 0 Å². The molecular formula is C23H35N3O2S. The van der Waals surface area contributed by atoms with E-state index in [-0.39, 0.29) is 17.9 Å². The predicted molar refractivity (Wildman–Crippen MR) is 117 cm³/mol. The molecule has 1 N–H and O–H groups in total. The van der Waals surface area contributed by atoms with E-state index < -0.39 is 0 Å². The van der Waals surface area contributed by atoms with E-state index in [2.05, 4.69) is 10.2 Å². The third kappa shape index (κ3) is 5.21. The summed E-state index contributed by atoms with van der Waals surface area (Å²) in [5, 5.41) is 5.28. The van der Waals surface area contributed by atoms with Crippen LogP contribution in [0, 0.1) is 11.8 Å². The SMILES string of the molecule is O=C(NCC1CCCCC1)[C@@H](C1CCCC1)N1CCN(C(=O)c2cccs2)CC1. The molecule has 1 aliphatic heterocycles. The highest BCUT2D eigenvalue weighted by molar-refractivity contribution is 7.12. The van der Waals surface area contributed by atoms with Gasteiger partial charge in [-0.3, -0.25) is 14.5 Å². The van der Waals surface area contributed by atoms with Crippen LogP contribution in [-0.2, 0) is 4.79 Å². The zero-order valence-electron chi connectivity index (χ0n) is 17.5. The fourth-order valence-electron chi connectivity index (χ4n) is 5.45. The summed E-state index contributed by atoms with van der Waals surface area (Å²) in [6.07, 6.45) is 11.3. The highest BCUT2D eigenvalue weighted by Crippen LogP contribution is 2.31. The Morgan fingerprint density at radius 1 is 1.00 bits per heavy atom. The molecule has 0 unspecified atom stereocenters. The molecule has 1 aromatic rings. The fraction of sp³-hybridized carbons (Fsp3) is 0.739. The van der Waals surface area contributed by atoms with Crippen LogP contribution in [0.4, 0.5) is 0 Å². The van der Waals surface area contributed by atoms with Gasteiger partial charge in [-0.25, -0.2) is 0 Å². The van der Waals surface area contributed by atoms with Crippen LogP contribution >= 0.6 is 11.3 Å². The van der Waals surface area contributed by atoms with Crippen molar-refractivity contribution in [2.45, 2.75) is 63.8 Å². The Morgan fingerprint density at radius 3 is 2.34 bits per heavy atom. The maximum Gasteiger partial charge on any atom is 0.264 e. The topological polar surface area (TPSA) is 52.7 Å². The van der Waals surface area contributed by atoms with Crippen molar-refractivity contribution in [2.75, 3.05) is 32.7 Å². The first-order valence-electron chi connectivity index (χ1n) is 11.6. The highest BCUT2D eigenvalue weighted by atomic mass is 32.1. The minimum absolute atomic E-state index is 0.0138. The molecule has 2 amide bonds. The van der Waals surface area contributed by atoms with Crippen LogP contribution in [0.3, 0.4) is 0 Å². The monoisotopic (exact) mass is 417 g/mol. The van der Waals surface area contributed by atoms with Crippen molar-refractivity contribution in [2.24, 2.45) is 11.8 Å². The number of piperazine rings is 1. The number of nitrogens with one attached hydrogen (secondary N) is 1. The van der Waals surface area contributed by atoms with E-state index >= 15 is 0 Å². The van der Waals surface area contributed by atoms with Gasteiger partial charge in [-0.2, -0.15) is 0 Å². The zero-order chi connectivity index (χ0) is 20.1. The number of carbonyl (C=O) groups is 2. The average molecular weight is 418 g/mol. The minimum atomic E-state index is -0.0138. The fourth-order valence-corrected chi connectivity index (χ4v) is 6.14. The molecule has 0 aromatic carbocycles. The second-order valence-electron chi connectivity index (χ2n) is 9.04. The lowest BCUT2D eigenvalue weighted by Gasteiger charge is -2.41. The first-order valence-corrected chi connectivity index (χ1v) is 12.4. The maximum absolute atomic E-state index is 13.2. The van der Waals surface area contributed by atoms with Gasteiger partial charge in [0.05, 0.1) is 10.9 Å². The highest BCUT2D eigenvalue weighted by Gasteiger charge is 2.37. The van der Waals surface area contributed by atoms with E-state index in [0.29, 0.717) is 11.8 Å². The van der Waals surface area contributed by atoms with Crippen molar-refractivity contribution in [3.63, 3.8) is 0 Å². The van der Waals surface area contributed by atoms with E-state index in [1.165, 1.54) is 56.3 Å². The Labute approximate surface area is 178 Å². The molecule has 2 heterocycles. The molecule has 1 saturated heterocycles. The van der Waals surface area contributed by atoms with Gasteiger partial charge in [0, 0.05) is 32.7 Å². The average Bonchev–Trinajstić information content (AvgIpc) is 3.48. The van der Waals surface area contributed by atoms with Crippen LogP contribution in [0.25, 0.3) is 0 Å². The Kier molecular flexibility index (Phi) is 7.24. The molecule has 1 aromatic heterocycles. The first-order chi connectivity index (χ1) is 14.2. The van der Waals surface area contributed by atoms with Crippen molar-refractivity contribution >= 4 is 23.2 Å². The number of hydrogen-bond acceptors (Lipinski definition) is 4. The Bertz CT molecular complexity index is 658. The number of amides is 2. The summed E-state index contributed by atoms with van der Waals surface area (Å²) in [7, 11) is 0. The molecule has 5 nitrogen and oxygen atoms in total. The summed E-state index contributed by atoms with van der Waals surface area (Å²) in [5.41, 5.74) is 0. The van der Waals surface area contributed by atoms with Crippen LogP contribution < -0.4 is 5.32 Å². The third-order valence-electron chi connectivity index (χ3n) is 7.13. The second kappa shape index (κ2) is 10.1. The van der Waals surface area contributed by atoms with Crippen LogP contribution in [0.5, 0.6) is 0 Å². The van der Waals surface area contributed by atoms with Crippen LogP contribution in [0.15, 0.2) is 17.5 Å². The molecule has 2 aliphatic carbocycles. The smallest absolute Gasteiger partial charge is 0.264 e. The molecule has 1 atom stereocenters. The van der Waals surface area contributed by atoms with Gasteiger partial charge in [0.2, 0.25) is 5.91 Å². The van der Waals surface area contributed by atoms with Gasteiger partial charge in [0.1, 0.15) is 0 Å². The van der Waals surface area contributed by atoms with E-state index in [0.717, 1.165) is 50.4 Å². The van der Waals surface area contributed by atoms with Gasteiger partial charge in [0.25, 0.3) is 5.91 Å². The quantitative estimate of drug-likeness (QED) is 0.767. The molecular weight excluding hydrogens is 382 g/mol. The van der Waals surface area contributed by atoms with Gasteiger partial charge >= 0.3 is 0 Å². The summed E-state index contributed by atoms with van der Waals surface area (Å²) in [6.45, 7) is 3.88. The van der Waals surface area contributed by atoms with Gasteiger partial charge in [0.15, 0.2) is 0 Å². The number of carbonyl (C=O) groups excluding carboxylic acids is 2. The summed E-state index contributed by atoms with van der Waals surface area (Å²) < 4.78 is 0. The molecule has 6 heteroatoms. The lowest BCUT2D eigenvalue weighted by molar-refractivity contribution is -0.129. The van der Waals surface area contributed by atoms with E-state index in [9.17, 15) is 9.59 Å². The number of nitrogens with zero attached hydrogens (tertiary/aromatic N) is 2. The van der Waals surface area contributed by atoms with Gasteiger partial charge in [-0.1, -0.05) is 38.2 Å². The maximum atomic E-state index is 13.2. The van der Waals surface area contributed by atoms with Gasteiger partial charge in [-0.15, -0.1) is 11.3 Å². The number of rotatable bonds is 6. The van der Waals surface area contributed by atoms with Gasteiger partial charge < -0.3 is 10.2 Å². The van der Waals surface area contributed by atoms with Crippen LogP contribution in [-0.4, -0.2) is 60.4 Å². The predicted octanol–water partition coefficient (Wildman–Crippen LogP) is 3.76. The lowest BCUT2D eigenvalue weighted by Crippen LogP contribution is -2.58. The first kappa shape index (κ1) is 20.9. The summed E-state index contributed by atoms with van der Waals surface area (Å²) in [6, 6.07) is 3.82. The molecule has 2 saturated carbocycles. The zero-order valence-corrected chi connectivity index (χ0v) is 18.3. The molecule has 0 radical (unpaired) electrons. The standard InChI is InChI=1S/C23H35N3O2S/c27-22(24-17-18-7-2-1-3-8-18)21(19-9-4-5-10-19)25-12-14-26(15-13-25)23(28)20-11-6-16-29-20/h6,11,16,18-19,21H,1-5,7-10,12-15,17H2,(H,24,27)/t21-/m1/s1. The van der Waals surface area contributed by atoms with E-state index in [1.807, 2.05) is 22.4 Å². The second-order valence-corrected chi connectivity index (χ2v) is 9.99. The number of hydrogen-bond donors (Lipinski definition) is 1. The van der Waals surface area contributed by atoms with Crippen molar-refractivity contribution in [3.8, 4) is 0 Å². The Morgan fingerprint density at radius 2 is 1.69 bits per heavy atom. The summed E-state index contributed by atoms with van der Waals surface area (Å²) in [5.74, 6) is 1.51. The van der Waals surface area contributed by atoms with Crippen molar-refractivity contribution < 1.29 is 9.59 Å². The molecule has 29 heavy (non-hydrogen) atoms.